The first-order valence-corrected chi connectivity index (χ1v) is 6.39. The van der Waals surface area contributed by atoms with Gasteiger partial charge in [0.1, 0.15) is 0 Å². The Morgan fingerprint density at radius 2 is 2.00 bits per heavy atom. The molecule has 1 aromatic carbocycles. The molecule has 2 heteroatoms. The van der Waals surface area contributed by atoms with Gasteiger partial charge in [-0.3, -0.25) is 4.79 Å². The molecule has 1 aromatic rings. The van der Waals surface area contributed by atoms with Crippen LogP contribution in [0.15, 0.2) is 24.3 Å². The predicted octanol–water partition coefficient (Wildman–Crippen LogP) is 3.25. The van der Waals surface area contributed by atoms with Crippen LogP contribution in [-0.2, 0) is 14.9 Å². The molecule has 1 aliphatic rings. The molecule has 1 saturated carbocycles. The molecular formula is C15H19O2. The van der Waals surface area contributed by atoms with E-state index in [0.717, 1.165) is 12.8 Å². The summed E-state index contributed by atoms with van der Waals surface area (Å²) in [7, 11) is 0. The third-order valence-electron chi connectivity index (χ3n) is 3.68. The van der Waals surface area contributed by atoms with Crippen LogP contribution in [0.4, 0.5) is 0 Å². The molecule has 91 valence electrons. The lowest BCUT2D eigenvalue weighted by Crippen LogP contribution is -2.27. The normalized spacial score (nSPS) is 17.9. The summed E-state index contributed by atoms with van der Waals surface area (Å²) in [6.45, 7) is 2.33. The molecule has 0 spiro atoms. The number of benzene rings is 1. The summed E-state index contributed by atoms with van der Waals surface area (Å²) in [6, 6.07) is 11.1. The van der Waals surface area contributed by atoms with Crippen molar-refractivity contribution in [3.63, 3.8) is 0 Å². The fourth-order valence-electron chi connectivity index (χ4n) is 2.85. The summed E-state index contributed by atoms with van der Waals surface area (Å²) in [4.78, 5) is 11.7. The highest BCUT2D eigenvalue weighted by molar-refractivity contribution is 5.71. The largest absolute Gasteiger partial charge is 0.466 e. The number of esters is 1. The molecule has 1 radical (unpaired) electrons. The van der Waals surface area contributed by atoms with Crippen LogP contribution in [0.25, 0.3) is 0 Å². The van der Waals surface area contributed by atoms with Crippen molar-refractivity contribution in [1.82, 2.24) is 0 Å². The fraction of sp³-hybridized carbons (Fsp3) is 0.533. The van der Waals surface area contributed by atoms with Crippen molar-refractivity contribution in [3.8, 4) is 0 Å². The Kier molecular flexibility index (Phi) is 3.82. The summed E-state index contributed by atoms with van der Waals surface area (Å²) < 4.78 is 5.10. The highest BCUT2D eigenvalue weighted by atomic mass is 16.5. The molecule has 0 heterocycles. The first-order chi connectivity index (χ1) is 8.27. The smallest absolute Gasteiger partial charge is 0.306 e. The topological polar surface area (TPSA) is 26.3 Å². The van der Waals surface area contributed by atoms with Gasteiger partial charge in [-0.1, -0.05) is 37.1 Å². The molecule has 0 N–H and O–H groups in total. The summed E-state index contributed by atoms with van der Waals surface area (Å²) in [5, 5.41) is 0. The van der Waals surface area contributed by atoms with Gasteiger partial charge in [0.2, 0.25) is 0 Å². The number of carbonyl (C=O) groups excluding carboxylic acids is 1. The SMILES string of the molecule is CCOC(=O)CC1(c2cc[c]cc2)CCCC1. The van der Waals surface area contributed by atoms with Crippen molar-refractivity contribution >= 4 is 5.97 Å². The van der Waals surface area contributed by atoms with E-state index in [2.05, 4.69) is 18.2 Å². The molecule has 0 amide bonds. The van der Waals surface area contributed by atoms with E-state index >= 15 is 0 Å². The molecule has 1 aliphatic carbocycles. The van der Waals surface area contributed by atoms with E-state index < -0.39 is 0 Å². The third-order valence-corrected chi connectivity index (χ3v) is 3.68. The number of ether oxygens (including phenoxy) is 1. The van der Waals surface area contributed by atoms with Crippen LogP contribution >= 0.6 is 0 Å². The van der Waals surface area contributed by atoms with Gasteiger partial charge in [0.25, 0.3) is 0 Å². The van der Waals surface area contributed by atoms with Crippen LogP contribution < -0.4 is 0 Å². The van der Waals surface area contributed by atoms with Gasteiger partial charge in [0.05, 0.1) is 13.0 Å². The van der Waals surface area contributed by atoms with Crippen molar-refractivity contribution in [1.29, 1.82) is 0 Å². The second-order valence-electron chi connectivity index (χ2n) is 4.76. The molecule has 0 aliphatic heterocycles. The van der Waals surface area contributed by atoms with Gasteiger partial charge in [-0.05, 0) is 31.4 Å². The average Bonchev–Trinajstić information content (AvgIpc) is 2.80. The predicted molar refractivity (Wildman–Crippen MR) is 66.7 cm³/mol. The maximum absolute atomic E-state index is 11.7. The van der Waals surface area contributed by atoms with Crippen LogP contribution in [-0.4, -0.2) is 12.6 Å². The van der Waals surface area contributed by atoms with Gasteiger partial charge < -0.3 is 4.74 Å². The second kappa shape index (κ2) is 5.35. The van der Waals surface area contributed by atoms with Gasteiger partial charge >= 0.3 is 5.97 Å². The van der Waals surface area contributed by atoms with Crippen molar-refractivity contribution in [2.24, 2.45) is 0 Å². The molecule has 2 rings (SSSR count). The van der Waals surface area contributed by atoms with Crippen LogP contribution in [0.2, 0.25) is 0 Å². The molecule has 0 saturated heterocycles. The van der Waals surface area contributed by atoms with Crippen molar-refractivity contribution in [2.45, 2.75) is 44.4 Å². The Morgan fingerprint density at radius 1 is 1.35 bits per heavy atom. The quantitative estimate of drug-likeness (QED) is 0.743. The first-order valence-electron chi connectivity index (χ1n) is 6.39. The molecule has 1 fully saturated rings. The Bertz CT molecular complexity index is 364. The number of rotatable bonds is 4. The second-order valence-corrected chi connectivity index (χ2v) is 4.76. The molecular weight excluding hydrogens is 212 g/mol. The third kappa shape index (κ3) is 2.68. The summed E-state index contributed by atoms with van der Waals surface area (Å²) in [5.41, 5.74) is 1.28. The lowest BCUT2D eigenvalue weighted by atomic mass is 9.76. The fourth-order valence-corrected chi connectivity index (χ4v) is 2.85. The van der Waals surface area contributed by atoms with Crippen molar-refractivity contribution < 1.29 is 9.53 Å². The standard InChI is InChI=1S/C15H19O2/c1-2-17-14(16)12-15(10-6-7-11-15)13-8-4-3-5-9-13/h4-5,8-9H,2,6-7,10-12H2,1H3. The number of carbonyl (C=O) groups is 1. The minimum atomic E-state index is -0.0674. The summed E-state index contributed by atoms with van der Waals surface area (Å²) in [6.07, 6.45) is 5.12. The Balaban J connectivity index is 2.18. The lowest BCUT2D eigenvalue weighted by molar-refractivity contribution is -0.144. The van der Waals surface area contributed by atoms with Crippen LogP contribution in [0, 0.1) is 6.07 Å². The van der Waals surface area contributed by atoms with Crippen LogP contribution in [0.5, 0.6) is 0 Å². The number of hydrogen-bond donors (Lipinski definition) is 0. The summed E-state index contributed by atoms with van der Waals surface area (Å²) in [5.74, 6) is -0.0674. The van der Waals surface area contributed by atoms with E-state index in [4.69, 9.17) is 4.74 Å². The minimum absolute atomic E-state index is 0.0152. The van der Waals surface area contributed by atoms with E-state index in [1.165, 1.54) is 18.4 Å². The molecule has 0 aromatic heterocycles. The van der Waals surface area contributed by atoms with Crippen LogP contribution in [0.3, 0.4) is 0 Å². The zero-order chi connectivity index (χ0) is 12.1. The Morgan fingerprint density at radius 3 is 2.59 bits per heavy atom. The van der Waals surface area contributed by atoms with Gasteiger partial charge in [-0.15, -0.1) is 0 Å². The zero-order valence-electron chi connectivity index (χ0n) is 10.4. The molecule has 17 heavy (non-hydrogen) atoms. The molecule has 0 bridgehead atoms. The monoisotopic (exact) mass is 231 g/mol. The Hall–Kier alpha value is -1.31. The van der Waals surface area contributed by atoms with Gasteiger partial charge in [-0.2, -0.15) is 0 Å². The van der Waals surface area contributed by atoms with E-state index in [1.807, 2.05) is 19.1 Å². The molecule has 0 unspecified atom stereocenters. The van der Waals surface area contributed by atoms with Gasteiger partial charge in [-0.25, -0.2) is 0 Å². The van der Waals surface area contributed by atoms with E-state index in [-0.39, 0.29) is 11.4 Å². The van der Waals surface area contributed by atoms with Crippen LogP contribution in [0.1, 0.15) is 44.6 Å². The summed E-state index contributed by atoms with van der Waals surface area (Å²) >= 11 is 0. The highest BCUT2D eigenvalue weighted by Crippen LogP contribution is 2.43. The minimum Gasteiger partial charge on any atom is -0.466 e. The Labute approximate surface area is 103 Å². The van der Waals surface area contributed by atoms with Crippen molar-refractivity contribution in [2.75, 3.05) is 6.61 Å². The maximum Gasteiger partial charge on any atom is 0.306 e. The molecule has 0 atom stereocenters. The molecule has 2 nitrogen and oxygen atoms in total. The lowest BCUT2D eigenvalue weighted by Gasteiger charge is -2.28. The first kappa shape index (κ1) is 12.2. The van der Waals surface area contributed by atoms with Crippen molar-refractivity contribution in [3.05, 3.63) is 35.9 Å². The van der Waals surface area contributed by atoms with E-state index in [1.54, 1.807) is 0 Å². The van der Waals surface area contributed by atoms with E-state index in [9.17, 15) is 4.79 Å². The van der Waals surface area contributed by atoms with Gasteiger partial charge in [0, 0.05) is 5.41 Å². The number of hydrogen-bond acceptors (Lipinski definition) is 2. The van der Waals surface area contributed by atoms with Gasteiger partial charge in [0.15, 0.2) is 0 Å². The maximum atomic E-state index is 11.7. The average molecular weight is 231 g/mol. The highest BCUT2D eigenvalue weighted by Gasteiger charge is 2.37. The zero-order valence-corrected chi connectivity index (χ0v) is 10.4. The van der Waals surface area contributed by atoms with E-state index in [0.29, 0.717) is 13.0 Å².